The number of benzene rings is 1. The number of hydrogen-bond acceptors (Lipinski definition) is 2. The van der Waals surface area contributed by atoms with Gasteiger partial charge in [0.2, 0.25) is 0 Å². The molecule has 0 bridgehead atoms. The summed E-state index contributed by atoms with van der Waals surface area (Å²) in [5.74, 6) is -0.170. The van der Waals surface area contributed by atoms with E-state index in [9.17, 15) is 4.79 Å². The molecule has 15 heavy (non-hydrogen) atoms. The minimum absolute atomic E-state index is 0.170. The average molecular weight is 201 g/mol. The number of anilines is 1. The van der Waals surface area contributed by atoms with Crippen molar-refractivity contribution >= 4 is 11.6 Å². The van der Waals surface area contributed by atoms with E-state index >= 15 is 0 Å². The van der Waals surface area contributed by atoms with Crippen molar-refractivity contribution in [2.45, 2.75) is 6.92 Å². The fraction of sp³-hybridized carbons (Fsp3) is 0.0909. The Bertz CT molecular complexity index is 462. The predicted octanol–water partition coefficient (Wildman–Crippen LogP) is 1.97. The highest BCUT2D eigenvalue weighted by atomic mass is 16.1. The van der Waals surface area contributed by atoms with Crippen LogP contribution in [0.15, 0.2) is 36.7 Å². The molecule has 0 saturated carbocycles. The maximum atomic E-state index is 11.7. The summed E-state index contributed by atoms with van der Waals surface area (Å²) in [5.41, 5.74) is 1.97. The van der Waals surface area contributed by atoms with E-state index in [2.05, 4.69) is 15.3 Å². The SMILES string of the molecule is Cc1nc[nH]c1C(=O)Nc1ccccc1. The van der Waals surface area contributed by atoms with Crippen LogP contribution in [0.1, 0.15) is 16.2 Å². The summed E-state index contributed by atoms with van der Waals surface area (Å²) in [6.45, 7) is 1.79. The largest absolute Gasteiger partial charge is 0.340 e. The smallest absolute Gasteiger partial charge is 0.274 e. The van der Waals surface area contributed by atoms with Crippen LogP contribution in [0.3, 0.4) is 0 Å². The number of hydrogen-bond donors (Lipinski definition) is 2. The van der Waals surface area contributed by atoms with E-state index in [1.807, 2.05) is 30.3 Å². The number of aryl methyl sites for hydroxylation is 1. The van der Waals surface area contributed by atoms with E-state index in [-0.39, 0.29) is 5.91 Å². The zero-order chi connectivity index (χ0) is 10.7. The molecule has 2 N–H and O–H groups in total. The molecule has 0 atom stereocenters. The Morgan fingerprint density at radius 2 is 2.07 bits per heavy atom. The fourth-order valence-corrected chi connectivity index (χ4v) is 1.31. The molecule has 4 nitrogen and oxygen atoms in total. The highest BCUT2D eigenvalue weighted by molar-refractivity contribution is 6.03. The van der Waals surface area contributed by atoms with Crippen molar-refractivity contribution in [3.63, 3.8) is 0 Å². The molecule has 0 radical (unpaired) electrons. The van der Waals surface area contributed by atoms with Crippen LogP contribution in [0.5, 0.6) is 0 Å². The Morgan fingerprint density at radius 1 is 1.33 bits per heavy atom. The maximum Gasteiger partial charge on any atom is 0.274 e. The third-order valence-corrected chi connectivity index (χ3v) is 2.09. The van der Waals surface area contributed by atoms with E-state index < -0.39 is 0 Å². The predicted molar refractivity (Wildman–Crippen MR) is 57.7 cm³/mol. The van der Waals surface area contributed by atoms with Gasteiger partial charge in [0.1, 0.15) is 5.69 Å². The van der Waals surface area contributed by atoms with Gasteiger partial charge in [-0.05, 0) is 19.1 Å². The van der Waals surface area contributed by atoms with Crippen LogP contribution in [-0.4, -0.2) is 15.9 Å². The van der Waals surface area contributed by atoms with Gasteiger partial charge in [0.15, 0.2) is 0 Å². The highest BCUT2D eigenvalue weighted by Gasteiger charge is 2.10. The molecule has 0 unspecified atom stereocenters. The van der Waals surface area contributed by atoms with Gasteiger partial charge in [-0.25, -0.2) is 4.98 Å². The van der Waals surface area contributed by atoms with Crippen molar-refractivity contribution in [2.24, 2.45) is 0 Å². The van der Waals surface area contributed by atoms with Crippen LogP contribution in [0.25, 0.3) is 0 Å². The molecule has 0 aliphatic rings. The highest BCUT2D eigenvalue weighted by Crippen LogP contribution is 2.08. The van der Waals surface area contributed by atoms with Gasteiger partial charge in [-0.2, -0.15) is 0 Å². The molecule has 0 aliphatic carbocycles. The van der Waals surface area contributed by atoms with Gasteiger partial charge in [-0.3, -0.25) is 4.79 Å². The van der Waals surface area contributed by atoms with Crippen LogP contribution in [0, 0.1) is 6.92 Å². The minimum Gasteiger partial charge on any atom is -0.340 e. The first-order valence-electron chi connectivity index (χ1n) is 4.64. The number of rotatable bonds is 2. The Hall–Kier alpha value is -2.10. The zero-order valence-corrected chi connectivity index (χ0v) is 8.32. The lowest BCUT2D eigenvalue weighted by Gasteiger charge is -2.03. The summed E-state index contributed by atoms with van der Waals surface area (Å²) in [7, 11) is 0. The van der Waals surface area contributed by atoms with Crippen molar-refractivity contribution < 1.29 is 4.79 Å². The van der Waals surface area contributed by atoms with E-state index in [1.54, 1.807) is 6.92 Å². The summed E-state index contributed by atoms with van der Waals surface area (Å²) in [6, 6.07) is 9.31. The number of aromatic nitrogens is 2. The van der Waals surface area contributed by atoms with Crippen molar-refractivity contribution in [1.29, 1.82) is 0 Å². The summed E-state index contributed by atoms with van der Waals surface area (Å²) in [4.78, 5) is 18.5. The van der Waals surface area contributed by atoms with E-state index in [1.165, 1.54) is 6.33 Å². The van der Waals surface area contributed by atoms with Crippen molar-refractivity contribution in [1.82, 2.24) is 9.97 Å². The Kier molecular flexibility index (Phi) is 2.49. The number of amides is 1. The summed E-state index contributed by atoms with van der Waals surface area (Å²) in [5, 5.41) is 2.77. The van der Waals surface area contributed by atoms with Crippen LogP contribution in [-0.2, 0) is 0 Å². The number of carbonyl (C=O) groups is 1. The first-order valence-corrected chi connectivity index (χ1v) is 4.64. The lowest BCUT2D eigenvalue weighted by atomic mass is 10.3. The van der Waals surface area contributed by atoms with Gasteiger partial charge in [-0.15, -0.1) is 0 Å². The quantitative estimate of drug-likeness (QED) is 0.780. The molecule has 0 spiro atoms. The maximum absolute atomic E-state index is 11.7. The molecular formula is C11H11N3O. The molecular weight excluding hydrogens is 190 g/mol. The van der Waals surface area contributed by atoms with Crippen molar-refractivity contribution in [2.75, 3.05) is 5.32 Å². The lowest BCUT2D eigenvalue weighted by Crippen LogP contribution is -2.13. The first kappa shape index (κ1) is 9.45. The van der Waals surface area contributed by atoms with Gasteiger partial charge in [0.25, 0.3) is 5.91 Å². The molecule has 0 aliphatic heterocycles. The number of carbonyl (C=O) groups excluding carboxylic acids is 1. The number of nitrogens with one attached hydrogen (secondary N) is 2. The van der Waals surface area contributed by atoms with Gasteiger partial charge in [0, 0.05) is 5.69 Å². The molecule has 1 heterocycles. The molecule has 1 aromatic heterocycles. The van der Waals surface area contributed by atoms with E-state index in [0.717, 1.165) is 5.69 Å². The van der Waals surface area contributed by atoms with Gasteiger partial charge in [0.05, 0.1) is 12.0 Å². The standard InChI is InChI=1S/C11H11N3O/c1-8-10(13-7-12-8)11(15)14-9-5-3-2-4-6-9/h2-7H,1H3,(H,12,13)(H,14,15). The molecule has 1 aromatic carbocycles. The van der Waals surface area contributed by atoms with Gasteiger partial charge < -0.3 is 10.3 Å². The van der Waals surface area contributed by atoms with Crippen LogP contribution >= 0.6 is 0 Å². The lowest BCUT2D eigenvalue weighted by molar-refractivity contribution is 0.102. The second-order valence-electron chi connectivity index (χ2n) is 3.18. The van der Waals surface area contributed by atoms with E-state index in [4.69, 9.17) is 0 Å². The summed E-state index contributed by atoms with van der Waals surface area (Å²) < 4.78 is 0. The first-order chi connectivity index (χ1) is 7.27. The van der Waals surface area contributed by atoms with Crippen molar-refractivity contribution in [3.05, 3.63) is 48.0 Å². The third-order valence-electron chi connectivity index (χ3n) is 2.09. The third kappa shape index (κ3) is 2.04. The number of para-hydroxylation sites is 1. The van der Waals surface area contributed by atoms with Gasteiger partial charge >= 0.3 is 0 Å². The number of imidazole rings is 1. The van der Waals surface area contributed by atoms with Crippen LogP contribution in [0.4, 0.5) is 5.69 Å². The van der Waals surface area contributed by atoms with Crippen LogP contribution in [0.2, 0.25) is 0 Å². The second-order valence-corrected chi connectivity index (χ2v) is 3.18. The Balaban J connectivity index is 2.15. The topological polar surface area (TPSA) is 57.8 Å². The Labute approximate surface area is 87.4 Å². The van der Waals surface area contributed by atoms with Crippen molar-refractivity contribution in [3.8, 4) is 0 Å². The minimum atomic E-state index is -0.170. The molecule has 76 valence electrons. The summed E-state index contributed by atoms with van der Waals surface area (Å²) >= 11 is 0. The second kappa shape index (κ2) is 3.96. The molecule has 2 aromatic rings. The number of H-pyrrole nitrogens is 1. The molecule has 4 heteroatoms. The monoisotopic (exact) mass is 201 g/mol. The zero-order valence-electron chi connectivity index (χ0n) is 8.32. The van der Waals surface area contributed by atoms with E-state index in [0.29, 0.717) is 11.4 Å². The fourth-order valence-electron chi connectivity index (χ4n) is 1.31. The normalized spacial score (nSPS) is 9.93. The number of aromatic amines is 1. The molecule has 2 rings (SSSR count). The number of nitrogens with zero attached hydrogens (tertiary/aromatic N) is 1. The molecule has 0 saturated heterocycles. The Morgan fingerprint density at radius 3 is 2.67 bits per heavy atom. The summed E-state index contributed by atoms with van der Waals surface area (Å²) in [6.07, 6.45) is 1.51. The van der Waals surface area contributed by atoms with Crippen LogP contribution < -0.4 is 5.32 Å². The average Bonchev–Trinajstić information content (AvgIpc) is 2.66. The van der Waals surface area contributed by atoms with Gasteiger partial charge in [-0.1, -0.05) is 18.2 Å². The molecule has 1 amide bonds. The molecule has 0 fully saturated rings.